The maximum absolute atomic E-state index is 13.3. The van der Waals surface area contributed by atoms with Crippen LogP contribution in [0.2, 0.25) is 0 Å². The molecular formula is C26H21FN2OS. The molecule has 0 radical (unpaired) electrons. The molecule has 154 valence electrons. The topological polar surface area (TPSA) is 38.1 Å². The highest BCUT2D eigenvalue weighted by Crippen LogP contribution is 2.44. The van der Waals surface area contributed by atoms with Crippen molar-refractivity contribution in [2.75, 3.05) is 0 Å². The zero-order valence-electron chi connectivity index (χ0n) is 16.8. The van der Waals surface area contributed by atoms with Gasteiger partial charge in [-0.25, -0.2) is 9.07 Å². The molecule has 3 aromatic carbocycles. The number of fused-ring (bicyclic) bond motifs is 3. The van der Waals surface area contributed by atoms with Gasteiger partial charge in [0.05, 0.1) is 23.5 Å². The van der Waals surface area contributed by atoms with Crippen molar-refractivity contribution in [2.24, 2.45) is 0 Å². The van der Waals surface area contributed by atoms with E-state index >= 15 is 0 Å². The molecule has 0 saturated carbocycles. The number of hydrogen-bond donors (Lipinski definition) is 1. The Labute approximate surface area is 183 Å². The molecule has 0 spiro atoms. The molecule has 2 aromatic heterocycles. The van der Waals surface area contributed by atoms with Crippen molar-refractivity contribution < 1.29 is 9.50 Å². The van der Waals surface area contributed by atoms with E-state index < -0.39 is 6.10 Å². The number of thiophene rings is 1. The first kappa shape index (κ1) is 18.7. The van der Waals surface area contributed by atoms with Crippen LogP contribution < -0.4 is 0 Å². The normalized spacial score (nSPS) is 17.2. The second-order valence-electron chi connectivity index (χ2n) is 8.27. The lowest BCUT2D eigenvalue weighted by Crippen LogP contribution is -2.17. The standard InChI is InChI=1S/C26H21FN2OS/c27-18-8-10-19(11-9-18)29-24-13-16-4-3-6-21(22(16)12-17(24)14-28-29)26(30)23-15-31-25-7-2-1-5-20(23)25/h1-2,5,7-15,21,26,30H,3-4,6H2/t21?,26-/m1/s1. The van der Waals surface area contributed by atoms with Gasteiger partial charge in [-0.2, -0.15) is 5.10 Å². The number of rotatable bonds is 3. The molecule has 5 heteroatoms. The van der Waals surface area contributed by atoms with Crippen molar-refractivity contribution in [1.82, 2.24) is 9.78 Å². The summed E-state index contributed by atoms with van der Waals surface area (Å²) in [4.78, 5) is 0. The molecule has 2 heterocycles. The first-order chi connectivity index (χ1) is 15.2. The van der Waals surface area contributed by atoms with Crippen LogP contribution >= 0.6 is 11.3 Å². The highest BCUT2D eigenvalue weighted by atomic mass is 32.1. The third kappa shape index (κ3) is 3.08. The molecule has 1 unspecified atom stereocenters. The van der Waals surface area contributed by atoms with Crippen LogP contribution in [-0.4, -0.2) is 14.9 Å². The van der Waals surface area contributed by atoms with Gasteiger partial charge in [-0.3, -0.25) is 0 Å². The number of halogens is 1. The van der Waals surface area contributed by atoms with Crippen LogP contribution in [0.4, 0.5) is 4.39 Å². The molecule has 0 amide bonds. The minimum absolute atomic E-state index is 0.0697. The molecule has 1 aliphatic carbocycles. The van der Waals surface area contributed by atoms with Crippen LogP contribution in [0.25, 0.3) is 26.7 Å². The third-order valence-corrected chi connectivity index (χ3v) is 7.45. The van der Waals surface area contributed by atoms with E-state index in [2.05, 4.69) is 34.7 Å². The summed E-state index contributed by atoms with van der Waals surface area (Å²) in [7, 11) is 0. The zero-order valence-corrected chi connectivity index (χ0v) is 17.6. The summed E-state index contributed by atoms with van der Waals surface area (Å²) in [5.74, 6) is -0.185. The third-order valence-electron chi connectivity index (χ3n) is 6.47. The molecule has 6 rings (SSSR count). The van der Waals surface area contributed by atoms with Gasteiger partial charge in [0, 0.05) is 16.0 Å². The number of aliphatic hydroxyl groups is 1. The van der Waals surface area contributed by atoms with E-state index in [1.807, 2.05) is 23.0 Å². The molecule has 31 heavy (non-hydrogen) atoms. The van der Waals surface area contributed by atoms with E-state index in [4.69, 9.17) is 0 Å². The van der Waals surface area contributed by atoms with Crippen molar-refractivity contribution >= 4 is 32.3 Å². The predicted octanol–water partition coefficient (Wildman–Crippen LogP) is 6.53. The molecule has 0 fully saturated rings. The fourth-order valence-corrected chi connectivity index (χ4v) is 5.91. The summed E-state index contributed by atoms with van der Waals surface area (Å²) in [6.45, 7) is 0. The Morgan fingerprint density at radius 3 is 2.81 bits per heavy atom. The fourth-order valence-electron chi connectivity index (χ4n) is 4.92. The number of aliphatic hydroxyl groups excluding tert-OH is 1. The van der Waals surface area contributed by atoms with E-state index in [9.17, 15) is 9.50 Å². The molecule has 0 bridgehead atoms. The molecular weight excluding hydrogens is 407 g/mol. The first-order valence-corrected chi connectivity index (χ1v) is 11.5. The molecule has 0 saturated heterocycles. The number of aromatic nitrogens is 2. The summed E-state index contributed by atoms with van der Waals surface area (Å²) in [5, 5.41) is 20.3. The van der Waals surface area contributed by atoms with E-state index in [0.29, 0.717) is 0 Å². The Hall–Kier alpha value is -3.02. The summed E-state index contributed by atoms with van der Waals surface area (Å²) in [5.41, 5.74) is 5.38. The summed E-state index contributed by atoms with van der Waals surface area (Å²) >= 11 is 1.69. The van der Waals surface area contributed by atoms with Crippen molar-refractivity contribution in [3.05, 3.63) is 94.7 Å². The first-order valence-electron chi connectivity index (χ1n) is 10.6. The van der Waals surface area contributed by atoms with Crippen LogP contribution in [0.5, 0.6) is 0 Å². The largest absolute Gasteiger partial charge is 0.388 e. The average Bonchev–Trinajstić information content (AvgIpc) is 3.41. The lowest BCUT2D eigenvalue weighted by Gasteiger charge is -2.30. The van der Waals surface area contributed by atoms with E-state index in [0.717, 1.165) is 46.8 Å². The highest BCUT2D eigenvalue weighted by Gasteiger charge is 2.30. The van der Waals surface area contributed by atoms with E-state index in [1.165, 1.54) is 28.0 Å². The lowest BCUT2D eigenvalue weighted by atomic mass is 9.77. The Balaban J connectivity index is 1.43. The van der Waals surface area contributed by atoms with Crippen LogP contribution in [0, 0.1) is 5.82 Å². The van der Waals surface area contributed by atoms with Gasteiger partial charge in [0.15, 0.2) is 0 Å². The minimum atomic E-state index is -0.528. The average molecular weight is 429 g/mol. The predicted molar refractivity (Wildman–Crippen MR) is 123 cm³/mol. The monoisotopic (exact) mass is 428 g/mol. The van der Waals surface area contributed by atoms with Crippen molar-refractivity contribution in [3.8, 4) is 5.69 Å². The molecule has 1 aliphatic rings. The van der Waals surface area contributed by atoms with E-state index in [-0.39, 0.29) is 11.7 Å². The molecule has 2 atom stereocenters. The van der Waals surface area contributed by atoms with Gasteiger partial charge in [0.25, 0.3) is 0 Å². The number of benzene rings is 3. The van der Waals surface area contributed by atoms with Crippen LogP contribution in [0.15, 0.2) is 72.2 Å². The number of aryl methyl sites for hydroxylation is 1. The summed E-state index contributed by atoms with van der Waals surface area (Å²) in [6, 6.07) is 19.1. The van der Waals surface area contributed by atoms with Crippen LogP contribution in [-0.2, 0) is 6.42 Å². The molecule has 3 nitrogen and oxygen atoms in total. The fraction of sp³-hybridized carbons (Fsp3) is 0.192. The Kier molecular flexibility index (Phi) is 4.40. The van der Waals surface area contributed by atoms with Crippen molar-refractivity contribution in [2.45, 2.75) is 31.3 Å². The second-order valence-corrected chi connectivity index (χ2v) is 9.18. The van der Waals surface area contributed by atoms with Gasteiger partial charge in [-0.15, -0.1) is 11.3 Å². The maximum atomic E-state index is 13.3. The number of hydrogen-bond acceptors (Lipinski definition) is 3. The summed E-state index contributed by atoms with van der Waals surface area (Å²) in [6.07, 6.45) is 4.34. The van der Waals surface area contributed by atoms with Gasteiger partial charge in [0.2, 0.25) is 0 Å². The van der Waals surface area contributed by atoms with E-state index in [1.54, 1.807) is 23.5 Å². The van der Waals surface area contributed by atoms with Gasteiger partial charge < -0.3 is 5.11 Å². The second kappa shape index (κ2) is 7.29. The van der Waals surface area contributed by atoms with Crippen LogP contribution in [0.1, 0.15) is 41.6 Å². The van der Waals surface area contributed by atoms with Gasteiger partial charge >= 0.3 is 0 Å². The summed E-state index contributed by atoms with van der Waals surface area (Å²) < 4.78 is 16.4. The zero-order chi connectivity index (χ0) is 20.9. The molecule has 5 aromatic rings. The van der Waals surface area contributed by atoms with Gasteiger partial charge in [-0.1, -0.05) is 18.2 Å². The van der Waals surface area contributed by atoms with Gasteiger partial charge in [-0.05, 0) is 89.2 Å². The van der Waals surface area contributed by atoms with Crippen molar-refractivity contribution in [3.63, 3.8) is 0 Å². The van der Waals surface area contributed by atoms with Crippen LogP contribution in [0.3, 0.4) is 0 Å². The molecule has 0 aliphatic heterocycles. The molecule has 1 N–H and O–H groups in total. The SMILES string of the molecule is O[C@@H](c1csc2ccccc12)C1CCCc2cc3c(cnn3-c3ccc(F)cc3)cc21. The lowest BCUT2D eigenvalue weighted by molar-refractivity contribution is 0.138. The smallest absolute Gasteiger partial charge is 0.123 e. The maximum Gasteiger partial charge on any atom is 0.123 e. The Morgan fingerprint density at radius 2 is 1.94 bits per heavy atom. The van der Waals surface area contributed by atoms with Crippen molar-refractivity contribution in [1.29, 1.82) is 0 Å². The Bertz CT molecular complexity index is 1400. The minimum Gasteiger partial charge on any atom is -0.388 e. The van der Waals surface area contributed by atoms with Gasteiger partial charge in [0.1, 0.15) is 5.82 Å². The Morgan fingerprint density at radius 1 is 1.10 bits per heavy atom. The highest BCUT2D eigenvalue weighted by molar-refractivity contribution is 7.17. The quantitative estimate of drug-likeness (QED) is 0.355. The number of nitrogens with zero attached hydrogens (tertiary/aromatic N) is 2.